The van der Waals surface area contributed by atoms with Crippen LogP contribution in [0.25, 0.3) is 77.5 Å². The molecule has 5 nitrogen and oxygen atoms in total. The van der Waals surface area contributed by atoms with Crippen molar-refractivity contribution in [1.82, 2.24) is 9.97 Å². The van der Waals surface area contributed by atoms with Crippen LogP contribution in [0.15, 0.2) is 174 Å². The molecule has 0 aliphatic heterocycles. The summed E-state index contributed by atoms with van der Waals surface area (Å²) in [6.45, 7) is 6.44. The average molecular weight is 944 g/mol. The maximum atomic E-state index is 11.2. The van der Waals surface area contributed by atoms with Crippen molar-refractivity contribution in [1.29, 1.82) is 0 Å². The number of phenolic OH excluding ortho intramolecular Hbond substituents is 1. The zero-order valence-corrected chi connectivity index (χ0v) is 35.0. The number of para-hydroxylation sites is 3. The molecule has 0 saturated carbocycles. The second kappa shape index (κ2) is 15.5. The van der Waals surface area contributed by atoms with E-state index < -0.39 is 0 Å². The number of anilines is 3. The molecule has 0 radical (unpaired) electrons. The van der Waals surface area contributed by atoms with Crippen molar-refractivity contribution in [2.24, 2.45) is 0 Å². The molecule has 10 aromatic rings. The van der Waals surface area contributed by atoms with Gasteiger partial charge in [0.1, 0.15) is 22.7 Å². The number of phenols is 1. The summed E-state index contributed by atoms with van der Waals surface area (Å²) in [6.07, 6.45) is 1.82. The number of hydrogen-bond acceptors (Lipinski definition) is 5. The molecule has 10 rings (SSSR count). The topological polar surface area (TPSA) is 62.4 Å². The van der Waals surface area contributed by atoms with Crippen LogP contribution in [-0.2, 0) is 21.1 Å². The Bertz CT molecular complexity index is 3160. The summed E-state index contributed by atoms with van der Waals surface area (Å²) in [5.41, 5.74) is 13.8. The van der Waals surface area contributed by atoms with Crippen molar-refractivity contribution in [3.05, 3.63) is 193 Å². The van der Waals surface area contributed by atoms with Crippen LogP contribution in [0.1, 0.15) is 16.7 Å². The first-order chi connectivity index (χ1) is 28.4. The van der Waals surface area contributed by atoms with Gasteiger partial charge in [-0.05, 0) is 102 Å². The fourth-order valence-corrected chi connectivity index (χ4v) is 8.49. The predicted octanol–water partition coefficient (Wildman–Crippen LogP) is 14.1. The van der Waals surface area contributed by atoms with E-state index in [-0.39, 0.29) is 26.8 Å². The first-order valence-corrected chi connectivity index (χ1v) is 19.5. The van der Waals surface area contributed by atoms with Gasteiger partial charge in [0.2, 0.25) is 0 Å². The van der Waals surface area contributed by atoms with Crippen LogP contribution in [0.5, 0.6) is 5.75 Å². The number of aromatic nitrogens is 2. The van der Waals surface area contributed by atoms with Crippen LogP contribution in [0.3, 0.4) is 0 Å². The molecule has 0 atom stereocenters. The molecular weight excluding hydrogens is 906 g/mol. The van der Waals surface area contributed by atoms with E-state index in [0.717, 1.165) is 77.7 Å². The number of rotatable bonds is 7. The van der Waals surface area contributed by atoms with E-state index >= 15 is 0 Å². The van der Waals surface area contributed by atoms with Crippen LogP contribution in [0.2, 0.25) is 0 Å². The predicted molar refractivity (Wildman–Crippen MR) is 238 cm³/mol. The SMILES string of the molecule is Cc1cc(C)c(-c2cc(-c3[c-]c(N(c4ccccn4)c4cccc5ccccc45)cc(-c4cccc5c4oc4ccccc45)c3)nc(-c3ccccc3O)c2)c(C)c1.[Pt]. The largest absolute Gasteiger partial charge is 0.507 e. The molecule has 3 aromatic heterocycles. The maximum Gasteiger partial charge on any atom is 0.141 e. The van der Waals surface area contributed by atoms with Gasteiger partial charge in [-0.15, -0.1) is 23.8 Å². The van der Waals surface area contributed by atoms with Gasteiger partial charge in [0, 0.05) is 54.5 Å². The molecule has 0 amide bonds. The quantitative estimate of drug-likeness (QED) is 0.161. The first-order valence-electron chi connectivity index (χ1n) is 19.5. The van der Waals surface area contributed by atoms with Crippen molar-refractivity contribution in [3.8, 4) is 50.5 Å². The van der Waals surface area contributed by atoms with Crippen LogP contribution >= 0.6 is 0 Å². The molecule has 288 valence electrons. The van der Waals surface area contributed by atoms with Gasteiger partial charge in [0.05, 0.1) is 11.4 Å². The normalized spacial score (nSPS) is 11.2. The van der Waals surface area contributed by atoms with E-state index in [1.165, 1.54) is 16.7 Å². The number of pyridine rings is 2. The zero-order valence-electron chi connectivity index (χ0n) is 32.7. The van der Waals surface area contributed by atoms with E-state index in [9.17, 15) is 5.11 Å². The Morgan fingerprint density at radius 2 is 1.27 bits per heavy atom. The Kier molecular flexibility index (Phi) is 9.92. The molecule has 59 heavy (non-hydrogen) atoms. The summed E-state index contributed by atoms with van der Waals surface area (Å²) in [6, 6.07) is 59.5. The van der Waals surface area contributed by atoms with Gasteiger partial charge in [-0.1, -0.05) is 120 Å². The van der Waals surface area contributed by atoms with Gasteiger partial charge >= 0.3 is 0 Å². The molecule has 0 unspecified atom stereocenters. The molecule has 7 aromatic carbocycles. The third kappa shape index (κ3) is 6.88. The summed E-state index contributed by atoms with van der Waals surface area (Å²) in [5.74, 6) is 0.922. The molecular formula is C53H38N3O2Pt-. The molecule has 1 N–H and O–H groups in total. The number of hydrogen-bond donors (Lipinski definition) is 1. The number of aromatic hydroxyl groups is 1. The Balaban J connectivity index is 0.00000449. The molecule has 0 aliphatic carbocycles. The number of aryl methyl sites for hydroxylation is 3. The Morgan fingerprint density at radius 1 is 0.593 bits per heavy atom. The third-order valence-corrected chi connectivity index (χ3v) is 10.9. The number of benzene rings is 7. The van der Waals surface area contributed by atoms with Gasteiger partial charge in [0.15, 0.2) is 0 Å². The molecule has 0 saturated heterocycles. The van der Waals surface area contributed by atoms with Crippen LogP contribution in [0.4, 0.5) is 17.2 Å². The summed E-state index contributed by atoms with van der Waals surface area (Å²) < 4.78 is 6.63. The van der Waals surface area contributed by atoms with E-state index in [1.54, 1.807) is 6.07 Å². The van der Waals surface area contributed by atoms with Crippen LogP contribution in [0, 0.1) is 26.8 Å². The molecule has 0 bridgehead atoms. The Labute approximate surface area is 357 Å². The zero-order chi connectivity index (χ0) is 39.3. The minimum absolute atomic E-state index is 0. The summed E-state index contributed by atoms with van der Waals surface area (Å²) in [7, 11) is 0. The average Bonchev–Trinajstić information content (AvgIpc) is 3.63. The van der Waals surface area contributed by atoms with Crippen molar-refractivity contribution in [2.75, 3.05) is 4.90 Å². The van der Waals surface area contributed by atoms with Gasteiger partial charge < -0.3 is 14.4 Å². The Hall–Kier alpha value is -6.81. The van der Waals surface area contributed by atoms with Gasteiger partial charge in [-0.2, -0.15) is 0 Å². The molecule has 3 heterocycles. The van der Waals surface area contributed by atoms with E-state index in [2.05, 4.69) is 135 Å². The van der Waals surface area contributed by atoms with Gasteiger partial charge in [-0.3, -0.25) is 4.98 Å². The van der Waals surface area contributed by atoms with Crippen molar-refractivity contribution < 1.29 is 30.6 Å². The molecule has 0 spiro atoms. The second-order valence-corrected chi connectivity index (χ2v) is 14.9. The van der Waals surface area contributed by atoms with E-state index in [0.29, 0.717) is 17.0 Å². The molecule has 6 heteroatoms. The van der Waals surface area contributed by atoms with Crippen LogP contribution < -0.4 is 4.90 Å². The monoisotopic (exact) mass is 943 g/mol. The standard InChI is InChI=1S/C53H38N3O2.Pt/c1-33-26-34(2)52(35(3)27-33)39-31-46(55-47(32-39)45-18-6-8-22-49(45)57)38-28-37(42-19-13-20-44-43-17-7-9-23-50(43)58-53(42)44)29-40(30-38)56(51-24-10-11-25-54-51)48-21-12-15-36-14-4-5-16-41(36)48;/h4-29,31-32,57H,1-3H3;/q-1;. The number of furan rings is 1. The smallest absolute Gasteiger partial charge is 0.141 e. The second-order valence-electron chi connectivity index (χ2n) is 14.9. The number of nitrogens with zero attached hydrogens (tertiary/aromatic N) is 3. The Morgan fingerprint density at radius 3 is 2.08 bits per heavy atom. The number of fused-ring (bicyclic) bond motifs is 4. The summed E-state index contributed by atoms with van der Waals surface area (Å²) in [4.78, 5) is 12.4. The van der Waals surface area contributed by atoms with Crippen molar-refractivity contribution in [3.63, 3.8) is 0 Å². The molecule has 0 aliphatic rings. The van der Waals surface area contributed by atoms with Gasteiger partial charge in [0.25, 0.3) is 0 Å². The van der Waals surface area contributed by atoms with Gasteiger partial charge in [-0.25, -0.2) is 4.98 Å². The summed E-state index contributed by atoms with van der Waals surface area (Å²) >= 11 is 0. The third-order valence-electron chi connectivity index (χ3n) is 10.9. The summed E-state index contributed by atoms with van der Waals surface area (Å²) in [5, 5.41) is 15.5. The minimum Gasteiger partial charge on any atom is -0.507 e. The fourth-order valence-electron chi connectivity index (χ4n) is 8.49. The van der Waals surface area contributed by atoms with Crippen LogP contribution in [-0.4, -0.2) is 15.1 Å². The molecule has 0 fully saturated rings. The van der Waals surface area contributed by atoms with E-state index in [4.69, 9.17) is 14.4 Å². The van der Waals surface area contributed by atoms with Crippen molar-refractivity contribution in [2.45, 2.75) is 20.8 Å². The van der Waals surface area contributed by atoms with E-state index in [1.807, 2.05) is 60.8 Å². The maximum absolute atomic E-state index is 11.2. The fraction of sp³-hybridized carbons (Fsp3) is 0.0566. The minimum atomic E-state index is 0. The van der Waals surface area contributed by atoms with Crippen molar-refractivity contribution >= 4 is 49.9 Å². The first kappa shape index (κ1) is 37.7.